The number of piperazine rings is 1. The normalized spacial score (nSPS) is 28.4. The van der Waals surface area contributed by atoms with Crippen LogP contribution in [0.3, 0.4) is 0 Å². The third kappa shape index (κ3) is 2.04. The Labute approximate surface area is 89.0 Å². The monoisotopic (exact) mass is 214 g/mol. The zero-order chi connectivity index (χ0) is 9.97. The highest BCUT2D eigenvalue weighted by Gasteiger charge is 2.20. The Morgan fingerprint density at radius 1 is 1.36 bits per heavy atom. The van der Waals surface area contributed by atoms with Crippen molar-refractivity contribution >= 4 is 11.6 Å². The Bertz CT molecular complexity index is 269. The molecular weight excluding hydrogens is 200 g/mol. The van der Waals surface area contributed by atoms with Gasteiger partial charge in [0.1, 0.15) is 5.76 Å². The summed E-state index contributed by atoms with van der Waals surface area (Å²) < 4.78 is 0. The van der Waals surface area contributed by atoms with Gasteiger partial charge in [-0.3, -0.25) is 0 Å². The van der Waals surface area contributed by atoms with Crippen LogP contribution < -0.4 is 5.32 Å². The maximum absolute atomic E-state index is 9.35. The topological polar surface area (TPSA) is 35.5 Å². The molecule has 0 radical (unpaired) electrons. The Morgan fingerprint density at radius 3 is 2.71 bits per heavy atom. The SMILES string of the molecule is OC1=CC=C(N2CCNCC2)CC1Cl. The van der Waals surface area contributed by atoms with Crippen LogP contribution in [-0.4, -0.2) is 41.6 Å². The zero-order valence-corrected chi connectivity index (χ0v) is 8.80. The van der Waals surface area contributed by atoms with Gasteiger partial charge < -0.3 is 15.3 Å². The van der Waals surface area contributed by atoms with Crippen LogP contribution in [-0.2, 0) is 0 Å². The van der Waals surface area contributed by atoms with E-state index in [0.717, 1.165) is 32.6 Å². The van der Waals surface area contributed by atoms with Crippen LogP contribution in [0.4, 0.5) is 0 Å². The maximum atomic E-state index is 9.35. The van der Waals surface area contributed by atoms with Gasteiger partial charge in [0.2, 0.25) is 0 Å². The van der Waals surface area contributed by atoms with Gasteiger partial charge in [0, 0.05) is 38.3 Å². The summed E-state index contributed by atoms with van der Waals surface area (Å²) in [5.74, 6) is 0.283. The molecule has 0 saturated carbocycles. The molecule has 1 fully saturated rings. The Kier molecular flexibility index (Phi) is 2.99. The van der Waals surface area contributed by atoms with Crippen molar-refractivity contribution in [2.45, 2.75) is 11.8 Å². The molecule has 1 atom stereocenters. The number of allylic oxidation sites excluding steroid dienone is 4. The summed E-state index contributed by atoms with van der Waals surface area (Å²) in [6.45, 7) is 4.12. The van der Waals surface area contributed by atoms with E-state index in [4.69, 9.17) is 11.6 Å². The standard InChI is InChI=1S/C10H15ClN2O/c11-9-7-8(1-2-10(9)14)13-5-3-12-4-6-13/h1-2,9,12,14H,3-7H2. The molecule has 1 saturated heterocycles. The number of hydrogen-bond donors (Lipinski definition) is 2. The molecule has 0 aromatic heterocycles. The van der Waals surface area contributed by atoms with Crippen molar-refractivity contribution < 1.29 is 5.11 Å². The van der Waals surface area contributed by atoms with Crippen molar-refractivity contribution in [1.29, 1.82) is 0 Å². The second kappa shape index (κ2) is 4.24. The molecule has 1 unspecified atom stereocenters. The van der Waals surface area contributed by atoms with Crippen LogP contribution in [0, 0.1) is 0 Å². The van der Waals surface area contributed by atoms with Crippen molar-refractivity contribution in [3.05, 3.63) is 23.6 Å². The molecule has 1 heterocycles. The maximum Gasteiger partial charge on any atom is 0.111 e. The van der Waals surface area contributed by atoms with E-state index in [1.165, 1.54) is 5.70 Å². The second-order valence-corrected chi connectivity index (χ2v) is 4.19. The van der Waals surface area contributed by atoms with Crippen molar-refractivity contribution in [1.82, 2.24) is 10.2 Å². The van der Waals surface area contributed by atoms with Crippen LogP contribution in [0.2, 0.25) is 0 Å². The quantitative estimate of drug-likeness (QED) is 0.645. The molecule has 1 aliphatic heterocycles. The lowest BCUT2D eigenvalue weighted by molar-refractivity contribution is 0.283. The third-order valence-electron chi connectivity index (χ3n) is 2.68. The molecule has 0 bridgehead atoms. The molecule has 1 aliphatic carbocycles. The summed E-state index contributed by atoms with van der Waals surface area (Å²) in [4.78, 5) is 2.33. The Hall–Kier alpha value is -0.670. The highest BCUT2D eigenvalue weighted by molar-refractivity contribution is 6.22. The number of halogens is 1. The number of hydrogen-bond acceptors (Lipinski definition) is 3. The molecule has 78 valence electrons. The molecule has 2 rings (SSSR count). The summed E-state index contributed by atoms with van der Waals surface area (Å²) >= 11 is 5.98. The van der Waals surface area contributed by atoms with E-state index in [9.17, 15) is 5.11 Å². The third-order valence-corrected chi connectivity index (χ3v) is 3.06. The van der Waals surface area contributed by atoms with E-state index >= 15 is 0 Å². The Morgan fingerprint density at radius 2 is 2.07 bits per heavy atom. The molecule has 2 N–H and O–H groups in total. The highest BCUT2D eigenvalue weighted by atomic mass is 35.5. The van der Waals surface area contributed by atoms with Gasteiger partial charge in [-0.1, -0.05) is 0 Å². The lowest BCUT2D eigenvalue weighted by Gasteiger charge is -2.33. The second-order valence-electron chi connectivity index (χ2n) is 3.66. The van der Waals surface area contributed by atoms with E-state index in [2.05, 4.69) is 10.2 Å². The van der Waals surface area contributed by atoms with Crippen LogP contribution in [0.15, 0.2) is 23.6 Å². The van der Waals surface area contributed by atoms with Crippen molar-refractivity contribution in [2.75, 3.05) is 26.2 Å². The average molecular weight is 215 g/mol. The molecule has 2 aliphatic rings. The first-order valence-corrected chi connectivity index (χ1v) is 5.40. The fourth-order valence-corrected chi connectivity index (χ4v) is 2.06. The summed E-state index contributed by atoms with van der Waals surface area (Å²) in [6, 6.07) is 0. The van der Waals surface area contributed by atoms with Gasteiger partial charge in [0.05, 0.1) is 5.38 Å². The van der Waals surface area contributed by atoms with Crippen LogP contribution >= 0.6 is 11.6 Å². The molecule has 0 aromatic carbocycles. The number of alkyl halides is 1. The lowest BCUT2D eigenvalue weighted by Crippen LogP contribution is -2.43. The smallest absolute Gasteiger partial charge is 0.111 e. The number of nitrogens with one attached hydrogen (secondary N) is 1. The van der Waals surface area contributed by atoms with Crippen LogP contribution in [0.25, 0.3) is 0 Å². The van der Waals surface area contributed by atoms with E-state index in [-0.39, 0.29) is 11.1 Å². The number of aliphatic hydroxyl groups is 1. The summed E-state index contributed by atoms with van der Waals surface area (Å²) in [5, 5.41) is 12.4. The fourth-order valence-electron chi connectivity index (χ4n) is 1.83. The molecule has 14 heavy (non-hydrogen) atoms. The molecule has 0 spiro atoms. The summed E-state index contributed by atoms with van der Waals surface area (Å²) in [5.41, 5.74) is 1.24. The van der Waals surface area contributed by atoms with Gasteiger partial charge in [0.25, 0.3) is 0 Å². The minimum atomic E-state index is -0.245. The summed E-state index contributed by atoms with van der Waals surface area (Å²) in [6.07, 6.45) is 4.42. The van der Waals surface area contributed by atoms with Gasteiger partial charge >= 0.3 is 0 Å². The van der Waals surface area contributed by atoms with Crippen molar-refractivity contribution in [3.63, 3.8) is 0 Å². The van der Waals surface area contributed by atoms with E-state index in [0.29, 0.717) is 0 Å². The predicted molar refractivity (Wildman–Crippen MR) is 57.5 cm³/mol. The van der Waals surface area contributed by atoms with Gasteiger partial charge in [-0.25, -0.2) is 0 Å². The minimum absolute atomic E-state index is 0.245. The van der Waals surface area contributed by atoms with Gasteiger partial charge in [-0.05, 0) is 12.2 Å². The first-order valence-electron chi connectivity index (χ1n) is 4.97. The highest BCUT2D eigenvalue weighted by Crippen LogP contribution is 2.24. The molecular formula is C10H15ClN2O. The van der Waals surface area contributed by atoms with Gasteiger partial charge in [0.15, 0.2) is 0 Å². The largest absolute Gasteiger partial charge is 0.511 e. The summed E-state index contributed by atoms with van der Waals surface area (Å²) in [7, 11) is 0. The minimum Gasteiger partial charge on any atom is -0.511 e. The fraction of sp³-hybridized carbons (Fsp3) is 0.600. The number of aliphatic hydroxyl groups excluding tert-OH is 1. The first-order chi connectivity index (χ1) is 6.77. The van der Waals surface area contributed by atoms with Gasteiger partial charge in [-0.15, -0.1) is 11.6 Å². The molecule has 3 nitrogen and oxygen atoms in total. The van der Waals surface area contributed by atoms with Crippen molar-refractivity contribution in [3.8, 4) is 0 Å². The molecule has 0 aromatic rings. The van der Waals surface area contributed by atoms with Gasteiger partial charge in [-0.2, -0.15) is 0 Å². The average Bonchev–Trinajstić information content (AvgIpc) is 2.23. The molecule has 4 heteroatoms. The first kappa shape index (κ1) is 9.87. The number of rotatable bonds is 1. The molecule has 0 amide bonds. The predicted octanol–water partition coefficient (Wildman–Crippen LogP) is 1.23. The van der Waals surface area contributed by atoms with Crippen LogP contribution in [0.1, 0.15) is 6.42 Å². The number of nitrogens with zero attached hydrogens (tertiary/aromatic N) is 1. The van der Waals surface area contributed by atoms with E-state index in [1.54, 1.807) is 6.08 Å². The van der Waals surface area contributed by atoms with Crippen LogP contribution in [0.5, 0.6) is 0 Å². The van der Waals surface area contributed by atoms with E-state index in [1.807, 2.05) is 6.08 Å². The zero-order valence-electron chi connectivity index (χ0n) is 8.04. The van der Waals surface area contributed by atoms with E-state index < -0.39 is 0 Å². The Balaban J connectivity index is 2.04. The van der Waals surface area contributed by atoms with Crippen molar-refractivity contribution in [2.24, 2.45) is 0 Å². The lowest BCUT2D eigenvalue weighted by atomic mass is 10.1.